The summed E-state index contributed by atoms with van der Waals surface area (Å²) in [5.74, 6) is 0.317. The van der Waals surface area contributed by atoms with Crippen LogP contribution in [0.25, 0.3) is 6.08 Å². The first-order chi connectivity index (χ1) is 15.1. The molecule has 6 nitrogen and oxygen atoms in total. The fourth-order valence-electron chi connectivity index (χ4n) is 2.81. The van der Waals surface area contributed by atoms with Crippen LogP contribution in [0.15, 0.2) is 66.1 Å². The van der Waals surface area contributed by atoms with E-state index in [4.69, 9.17) is 9.47 Å². The van der Waals surface area contributed by atoms with Gasteiger partial charge >= 0.3 is 0 Å². The minimum Gasteiger partial charge on any atom is -0.492 e. The highest BCUT2D eigenvalue weighted by molar-refractivity contribution is 7.10. The summed E-state index contributed by atoms with van der Waals surface area (Å²) < 4.78 is 11.4. The minimum atomic E-state index is -0.294. The van der Waals surface area contributed by atoms with Gasteiger partial charge in [0.15, 0.2) is 0 Å². The molecule has 0 atom stereocenters. The van der Waals surface area contributed by atoms with Crippen molar-refractivity contribution in [1.82, 2.24) is 0 Å². The maximum Gasteiger partial charge on any atom is 0.255 e. The molecule has 0 aliphatic heterocycles. The third-order valence-corrected chi connectivity index (χ3v) is 5.00. The predicted molar refractivity (Wildman–Crippen MR) is 125 cm³/mol. The zero-order valence-electron chi connectivity index (χ0n) is 17.4. The monoisotopic (exact) mass is 436 g/mol. The van der Waals surface area contributed by atoms with Crippen molar-refractivity contribution in [3.8, 4) is 11.5 Å². The molecule has 2 N–H and O–H groups in total. The van der Waals surface area contributed by atoms with Crippen LogP contribution in [0.2, 0.25) is 0 Å². The molecular formula is C24H24N2O4S. The lowest BCUT2D eigenvalue weighted by molar-refractivity contribution is -0.111. The molecule has 2 amide bonds. The lowest BCUT2D eigenvalue weighted by Gasteiger charge is -2.17. The Morgan fingerprint density at radius 3 is 2.13 bits per heavy atom. The molecule has 3 rings (SSSR count). The number of carbonyl (C=O) groups is 2. The van der Waals surface area contributed by atoms with Gasteiger partial charge < -0.3 is 20.1 Å². The van der Waals surface area contributed by atoms with Crippen LogP contribution < -0.4 is 20.1 Å². The molecule has 0 saturated carbocycles. The lowest BCUT2D eigenvalue weighted by atomic mass is 10.2. The van der Waals surface area contributed by atoms with E-state index in [0.717, 1.165) is 4.88 Å². The summed E-state index contributed by atoms with van der Waals surface area (Å²) in [4.78, 5) is 26.0. The first-order valence-electron chi connectivity index (χ1n) is 9.93. The highest BCUT2D eigenvalue weighted by Crippen LogP contribution is 2.37. The van der Waals surface area contributed by atoms with Crippen LogP contribution in [0.5, 0.6) is 11.5 Å². The fraction of sp³-hybridized carbons (Fsp3) is 0.167. The van der Waals surface area contributed by atoms with Crippen LogP contribution in [0.1, 0.15) is 29.1 Å². The van der Waals surface area contributed by atoms with Gasteiger partial charge in [-0.05, 0) is 43.5 Å². The van der Waals surface area contributed by atoms with E-state index in [9.17, 15) is 9.59 Å². The molecule has 0 fully saturated rings. The van der Waals surface area contributed by atoms with Crippen LogP contribution >= 0.6 is 11.3 Å². The quantitative estimate of drug-likeness (QED) is 0.437. The Balaban J connectivity index is 1.86. The van der Waals surface area contributed by atoms with E-state index in [0.29, 0.717) is 41.7 Å². The SMILES string of the molecule is CCOc1cc(NC(=O)c2ccccc2)c(OCC)cc1NC(=O)/C=C/c1cccs1. The van der Waals surface area contributed by atoms with Gasteiger partial charge in [-0.25, -0.2) is 0 Å². The van der Waals surface area contributed by atoms with E-state index in [1.165, 1.54) is 6.08 Å². The van der Waals surface area contributed by atoms with Gasteiger partial charge in [0.05, 0.1) is 24.6 Å². The minimum absolute atomic E-state index is 0.264. The van der Waals surface area contributed by atoms with Gasteiger partial charge in [0.1, 0.15) is 11.5 Å². The van der Waals surface area contributed by atoms with Crippen molar-refractivity contribution in [3.63, 3.8) is 0 Å². The van der Waals surface area contributed by atoms with Crippen LogP contribution in [-0.2, 0) is 4.79 Å². The summed E-state index contributed by atoms with van der Waals surface area (Å²) in [5, 5.41) is 7.64. The molecule has 0 unspecified atom stereocenters. The summed E-state index contributed by atoms with van der Waals surface area (Å²) in [6.07, 6.45) is 3.21. The van der Waals surface area contributed by atoms with Crippen molar-refractivity contribution < 1.29 is 19.1 Å². The second-order valence-corrected chi connectivity index (χ2v) is 7.35. The van der Waals surface area contributed by atoms with Crippen molar-refractivity contribution in [2.45, 2.75) is 13.8 Å². The Labute approximate surface area is 185 Å². The number of hydrogen-bond donors (Lipinski definition) is 2. The first-order valence-corrected chi connectivity index (χ1v) is 10.8. The van der Waals surface area contributed by atoms with Crippen LogP contribution in [0, 0.1) is 0 Å². The van der Waals surface area contributed by atoms with E-state index in [1.54, 1.807) is 53.8 Å². The molecule has 3 aromatic rings. The number of ether oxygens (including phenoxy) is 2. The third-order valence-electron chi connectivity index (χ3n) is 4.17. The maximum atomic E-state index is 12.6. The fourth-order valence-corrected chi connectivity index (χ4v) is 3.43. The van der Waals surface area contributed by atoms with E-state index < -0.39 is 0 Å². The Morgan fingerprint density at radius 1 is 0.903 bits per heavy atom. The predicted octanol–water partition coefficient (Wildman–Crippen LogP) is 5.45. The van der Waals surface area contributed by atoms with Crippen molar-refractivity contribution in [2.24, 2.45) is 0 Å². The van der Waals surface area contributed by atoms with Gasteiger partial charge in [0.25, 0.3) is 5.91 Å². The van der Waals surface area contributed by atoms with E-state index in [1.807, 2.05) is 37.4 Å². The van der Waals surface area contributed by atoms with Crippen molar-refractivity contribution in [2.75, 3.05) is 23.8 Å². The number of nitrogens with one attached hydrogen (secondary N) is 2. The molecule has 2 aromatic carbocycles. The number of amides is 2. The van der Waals surface area contributed by atoms with Gasteiger partial charge in [0.2, 0.25) is 5.91 Å². The van der Waals surface area contributed by atoms with Crippen molar-refractivity contribution >= 4 is 40.6 Å². The molecule has 0 spiro atoms. The van der Waals surface area contributed by atoms with E-state index >= 15 is 0 Å². The van der Waals surface area contributed by atoms with Gasteiger partial charge in [-0.15, -0.1) is 11.3 Å². The first kappa shape index (κ1) is 22.1. The number of thiophene rings is 1. The number of carbonyl (C=O) groups excluding carboxylic acids is 2. The summed E-state index contributed by atoms with van der Waals surface area (Å²) in [6, 6.07) is 16.1. The Hall–Kier alpha value is -3.58. The molecule has 0 saturated heterocycles. The topological polar surface area (TPSA) is 76.7 Å². The molecule has 31 heavy (non-hydrogen) atoms. The Morgan fingerprint density at radius 2 is 1.55 bits per heavy atom. The standard InChI is InChI=1S/C24H24N2O4S/c1-3-29-21-16-20(26-24(28)17-9-6-5-7-10-17)22(30-4-2)15-19(21)25-23(27)13-12-18-11-8-14-31-18/h5-16H,3-4H2,1-2H3,(H,25,27)(H,26,28)/b13-12+. The Bertz CT molecular complexity index is 1050. The summed E-state index contributed by atoms with van der Waals surface area (Å²) in [6.45, 7) is 4.49. The smallest absolute Gasteiger partial charge is 0.255 e. The maximum absolute atomic E-state index is 12.6. The summed E-state index contributed by atoms with van der Waals surface area (Å²) >= 11 is 1.55. The number of anilines is 2. The van der Waals surface area contributed by atoms with Gasteiger partial charge in [-0.3, -0.25) is 9.59 Å². The van der Waals surface area contributed by atoms with Gasteiger partial charge in [-0.1, -0.05) is 24.3 Å². The highest BCUT2D eigenvalue weighted by Gasteiger charge is 2.16. The molecule has 0 bridgehead atoms. The van der Waals surface area contributed by atoms with Crippen LogP contribution in [0.3, 0.4) is 0 Å². The normalized spacial score (nSPS) is 10.6. The zero-order chi connectivity index (χ0) is 22.1. The van der Waals surface area contributed by atoms with E-state index in [2.05, 4.69) is 10.6 Å². The number of rotatable bonds is 9. The summed E-state index contributed by atoms with van der Waals surface area (Å²) in [7, 11) is 0. The number of benzene rings is 2. The average molecular weight is 437 g/mol. The molecule has 0 radical (unpaired) electrons. The van der Waals surface area contributed by atoms with E-state index in [-0.39, 0.29) is 11.8 Å². The van der Waals surface area contributed by atoms with Crippen LogP contribution in [0.4, 0.5) is 11.4 Å². The highest BCUT2D eigenvalue weighted by atomic mass is 32.1. The lowest BCUT2D eigenvalue weighted by Crippen LogP contribution is -2.14. The molecule has 7 heteroatoms. The molecular weight excluding hydrogens is 412 g/mol. The molecule has 160 valence electrons. The molecule has 0 aliphatic rings. The zero-order valence-corrected chi connectivity index (χ0v) is 18.2. The molecule has 0 aliphatic carbocycles. The largest absolute Gasteiger partial charge is 0.492 e. The van der Waals surface area contributed by atoms with Crippen molar-refractivity contribution in [1.29, 1.82) is 0 Å². The van der Waals surface area contributed by atoms with Gasteiger partial charge in [0, 0.05) is 28.6 Å². The Kier molecular flexibility index (Phi) is 7.84. The van der Waals surface area contributed by atoms with Gasteiger partial charge in [-0.2, -0.15) is 0 Å². The number of hydrogen-bond acceptors (Lipinski definition) is 5. The average Bonchev–Trinajstić information content (AvgIpc) is 3.30. The summed E-state index contributed by atoms with van der Waals surface area (Å²) in [5.41, 5.74) is 1.45. The molecule has 1 aromatic heterocycles. The second-order valence-electron chi connectivity index (χ2n) is 6.37. The van der Waals surface area contributed by atoms with Crippen molar-refractivity contribution in [3.05, 3.63) is 76.5 Å². The van der Waals surface area contributed by atoms with Crippen LogP contribution in [-0.4, -0.2) is 25.0 Å². The third kappa shape index (κ3) is 6.20. The second kappa shape index (κ2) is 11.0. The molecule has 1 heterocycles.